The second-order valence-corrected chi connectivity index (χ2v) is 6.38. The molecule has 1 N–H and O–H groups in total. The number of amides is 1. The van der Waals surface area contributed by atoms with Gasteiger partial charge in [-0.2, -0.15) is 0 Å². The molecule has 3 aromatic rings. The molecule has 0 aliphatic heterocycles. The Kier molecular flexibility index (Phi) is 4.43. The van der Waals surface area contributed by atoms with Crippen LogP contribution in [0.4, 0.5) is 5.69 Å². The molecule has 0 fully saturated rings. The minimum atomic E-state index is -0.0140. The zero-order valence-corrected chi connectivity index (χ0v) is 14.7. The molecular weight excluding hydrogens is 298 g/mol. The van der Waals surface area contributed by atoms with Gasteiger partial charge in [0.15, 0.2) is 0 Å². The molecule has 0 radical (unpaired) electrons. The highest BCUT2D eigenvalue weighted by atomic mass is 16.3. The van der Waals surface area contributed by atoms with Crippen molar-refractivity contribution in [3.05, 3.63) is 64.4 Å². The van der Waals surface area contributed by atoms with Gasteiger partial charge in [0.25, 0.3) is 0 Å². The van der Waals surface area contributed by atoms with Crippen molar-refractivity contribution in [1.29, 1.82) is 0 Å². The Hall–Kier alpha value is -2.55. The lowest BCUT2D eigenvalue weighted by molar-refractivity contribution is -0.115. The third-order valence-electron chi connectivity index (χ3n) is 4.63. The predicted octanol–water partition coefficient (Wildman–Crippen LogP) is 5.10. The molecule has 0 aliphatic carbocycles. The van der Waals surface area contributed by atoms with E-state index < -0.39 is 0 Å². The van der Waals surface area contributed by atoms with E-state index in [0.29, 0.717) is 6.42 Å². The highest BCUT2D eigenvalue weighted by molar-refractivity contribution is 5.96. The first-order chi connectivity index (χ1) is 11.5. The van der Waals surface area contributed by atoms with Crippen LogP contribution in [-0.4, -0.2) is 5.91 Å². The topological polar surface area (TPSA) is 42.2 Å². The first-order valence-corrected chi connectivity index (χ1v) is 8.35. The smallest absolute Gasteiger partial charge is 0.228 e. The molecule has 1 aromatic heterocycles. The van der Waals surface area contributed by atoms with Crippen LogP contribution in [0.2, 0.25) is 0 Å². The van der Waals surface area contributed by atoms with Crippen LogP contribution in [0.15, 0.2) is 41.0 Å². The molecule has 0 saturated heterocycles. The summed E-state index contributed by atoms with van der Waals surface area (Å²) in [6, 6.07) is 10.2. The Labute approximate surface area is 142 Å². The number of anilines is 1. The Morgan fingerprint density at radius 1 is 1.04 bits per heavy atom. The van der Waals surface area contributed by atoms with Gasteiger partial charge in [-0.3, -0.25) is 4.79 Å². The van der Waals surface area contributed by atoms with E-state index in [1.807, 2.05) is 25.1 Å². The van der Waals surface area contributed by atoms with Crippen molar-refractivity contribution < 1.29 is 9.21 Å². The summed E-state index contributed by atoms with van der Waals surface area (Å²) in [4.78, 5) is 12.5. The number of furan rings is 1. The van der Waals surface area contributed by atoms with E-state index in [4.69, 9.17) is 4.42 Å². The van der Waals surface area contributed by atoms with E-state index in [2.05, 4.69) is 38.2 Å². The van der Waals surface area contributed by atoms with Gasteiger partial charge in [0.1, 0.15) is 5.58 Å². The first-order valence-electron chi connectivity index (χ1n) is 8.35. The van der Waals surface area contributed by atoms with Crippen molar-refractivity contribution in [3.8, 4) is 0 Å². The SMILES string of the molecule is CCc1cccc(C)c1NC(=O)Cc1coc2cc(C)c(C)cc12. The summed E-state index contributed by atoms with van der Waals surface area (Å²) in [7, 11) is 0. The second-order valence-electron chi connectivity index (χ2n) is 6.38. The molecule has 0 unspecified atom stereocenters. The molecule has 0 saturated carbocycles. The molecule has 0 bridgehead atoms. The van der Waals surface area contributed by atoms with Crippen LogP contribution in [0.1, 0.15) is 34.7 Å². The molecule has 3 heteroatoms. The number of carbonyl (C=O) groups is 1. The molecule has 0 aliphatic rings. The average Bonchev–Trinajstić information content (AvgIpc) is 2.91. The lowest BCUT2D eigenvalue weighted by Gasteiger charge is -2.12. The summed E-state index contributed by atoms with van der Waals surface area (Å²) in [5.41, 5.74) is 7.35. The summed E-state index contributed by atoms with van der Waals surface area (Å²) in [5, 5.41) is 4.10. The zero-order valence-electron chi connectivity index (χ0n) is 14.7. The standard InChI is InChI=1S/C21H23NO2/c1-5-16-8-6-7-13(2)21(16)22-20(23)11-17-12-24-19-10-15(4)14(3)9-18(17)19/h6-10,12H,5,11H2,1-4H3,(H,22,23). The fourth-order valence-electron chi connectivity index (χ4n) is 3.03. The average molecular weight is 321 g/mol. The molecular formula is C21H23NO2. The van der Waals surface area contributed by atoms with Crippen LogP contribution >= 0.6 is 0 Å². The lowest BCUT2D eigenvalue weighted by Crippen LogP contribution is -2.16. The van der Waals surface area contributed by atoms with E-state index in [-0.39, 0.29) is 5.91 Å². The van der Waals surface area contributed by atoms with Crippen molar-refractivity contribution in [3.63, 3.8) is 0 Å². The maximum Gasteiger partial charge on any atom is 0.228 e. The third-order valence-corrected chi connectivity index (χ3v) is 4.63. The first kappa shape index (κ1) is 16.3. The molecule has 3 nitrogen and oxygen atoms in total. The summed E-state index contributed by atoms with van der Waals surface area (Å²) in [5.74, 6) is -0.0140. The normalized spacial score (nSPS) is 11.0. The predicted molar refractivity (Wildman–Crippen MR) is 98.6 cm³/mol. The summed E-state index contributed by atoms with van der Waals surface area (Å²) < 4.78 is 5.62. The Morgan fingerprint density at radius 3 is 2.54 bits per heavy atom. The number of rotatable bonds is 4. The van der Waals surface area contributed by atoms with E-state index in [1.165, 1.54) is 11.1 Å². The molecule has 124 valence electrons. The number of fused-ring (bicyclic) bond motifs is 1. The van der Waals surface area contributed by atoms with Crippen LogP contribution in [-0.2, 0) is 17.6 Å². The van der Waals surface area contributed by atoms with Crippen LogP contribution in [0.5, 0.6) is 0 Å². The zero-order chi connectivity index (χ0) is 17.3. The molecule has 2 aromatic carbocycles. The van der Waals surface area contributed by atoms with Gasteiger partial charge in [-0.25, -0.2) is 0 Å². The summed E-state index contributed by atoms with van der Waals surface area (Å²) >= 11 is 0. The molecule has 1 amide bonds. The lowest BCUT2D eigenvalue weighted by atomic mass is 10.0. The van der Waals surface area contributed by atoms with Gasteiger partial charge in [0.05, 0.1) is 12.7 Å². The van der Waals surface area contributed by atoms with Gasteiger partial charge in [0, 0.05) is 16.6 Å². The number of hydrogen-bond acceptors (Lipinski definition) is 2. The van der Waals surface area contributed by atoms with Gasteiger partial charge >= 0.3 is 0 Å². The number of benzene rings is 2. The van der Waals surface area contributed by atoms with Gasteiger partial charge in [-0.15, -0.1) is 0 Å². The van der Waals surface area contributed by atoms with Crippen molar-refractivity contribution in [1.82, 2.24) is 0 Å². The Balaban J connectivity index is 1.85. The number of carbonyl (C=O) groups excluding carboxylic acids is 1. The van der Waals surface area contributed by atoms with Gasteiger partial charge in [-0.1, -0.05) is 25.1 Å². The fourth-order valence-corrected chi connectivity index (χ4v) is 3.03. The molecule has 1 heterocycles. The highest BCUT2D eigenvalue weighted by Crippen LogP contribution is 2.26. The minimum Gasteiger partial charge on any atom is -0.464 e. The minimum absolute atomic E-state index is 0.0140. The molecule has 0 spiro atoms. The van der Waals surface area contributed by atoms with Crippen LogP contribution < -0.4 is 5.32 Å². The van der Waals surface area contributed by atoms with Crippen LogP contribution in [0.3, 0.4) is 0 Å². The van der Waals surface area contributed by atoms with Crippen LogP contribution in [0, 0.1) is 20.8 Å². The quantitative estimate of drug-likeness (QED) is 0.726. The monoisotopic (exact) mass is 321 g/mol. The molecule has 0 atom stereocenters. The van der Waals surface area contributed by atoms with Gasteiger partial charge in [0.2, 0.25) is 5.91 Å². The third kappa shape index (κ3) is 3.07. The summed E-state index contributed by atoms with van der Waals surface area (Å²) in [6.07, 6.45) is 2.90. The van der Waals surface area contributed by atoms with E-state index in [9.17, 15) is 4.79 Å². The second kappa shape index (κ2) is 6.52. The van der Waals surface area contributed by atoms with Crippen molar-refractivity contribution in [2.75, 3.05) is 5.32 Å². The Morgan fingerprint density at radius 2 is 1.79 bits per heavy atom. The maximum atomic E-state index is 12.5. The highest BCUT2D eigenvalue weighted by Gasteiger charge is 2.13. The van der Waals surface area contributed by atoms with Gasteiger partial charge in [-0.05, 0) is 61.6 Å². The number of para-hydroxylation sites is 1. The number of hydrogen-bond donors (Lipinski definition) is 1. The van der Waals surface area contributed by atoms with Crippen molar-refractivity contribution in [2.45, 2.75) is 40.5 Å². The summed E-state index contributed by atoms with van der Waals surface area (Å²) in [6.45, 7) is 8.26. The van der Waals surface area contributed by atoms with E-state index >= 15 is 0 Å². The fraction of sp³-hybridized carbons (Fsp3) is 0.286. The van der Waals surface area contributed by atoms with E-state index in [0.717, 1.165) is 39.8 Å². The Bertz CT molecular complexity index is 906. The largest absolute Gasteiger partial charge is 0.464 e. The van der Waals surface area contributed by atoms with Crippen LogP contribution in [0.25, 0.3) is 11.0 Å². The molecule has 3 rings (SSSR count). The maximum absolute atomic E-state index is 12.5. The van der Waals surface area contributed by atoms with Crippen molar-refractivity contribution >= 4 is 22.6 Å². The number of aryl methyl sites for hydroxylation is 4. The van der Waals surface area contributed by atoms with E-state index in [1.54, 1.807) is 6.26 Å². The van der Waals surface area contributed by atoms with Gasteiger partial charge < -0.3 is 9.73 Å². The van der Waals surface area contributed by atoms with Crippen molar-refractivity contribution in [2.24, 2.45) is 0 Å². The number of nitrogens with one attached hydrogen (secondary N) is 1. The molecule has 24 heavy (non-hydrogen) atoms.